The molecule has 1 unspecified atom stereocenters. The molecule has 0 radical (unpaired) electrons. The highest BCUT2D eigenvalue weighted by Gasteiger charge is 2.46. The minimum absolute atomic E-state index is 0.00559. The van der Waals surface area contributed by atoms with E-state index in [9.17, 15) is 4.79 Å². The maximum Gasteiger partial charge on any atom is 0.273 e. The van der Waals surface area contributed by atoms with Gasteiger partial charge in [-0.15, -0.1) is 0 Å². The fraction of sp³-hybridized carbons (Fsp3) is 0.238. The topological polar surface area (TPSA) is 49.0 Å². The molecule has 1 aliphatic rings. The molecule has 3 aromatic rings. The Morgan fingerprint density at radius 2 is 1.56 bits per heavy atom. The number of aromatic amines is 1. The first kappa shape index (κ1) is 15.6. The van der Waals surface area contributed by atoms with Gasteiger partial charge in [0.25, 0.3) is 5.91 Å². The number of aromatic nitrogens is 2. The monoisotopic (exact) mass is 331 g/mol. The number of rotatable bonds is 2. The molecule has 4 heteroatoms. The largest absolute Gasteiger partial charge is 0.321 e. The lowest BCUT2D eigenvalue weighted by Crippen LogP contribution is -2.44. The van der Waals surface area contributed by atoms with Crippen LogP contribution in [-0.2, 0) is 0 Å². The van der Waals surface area contributed by atoms with Crippen LogP contribution in [0.5, 0.6) is 0 Å². The van der Waals surface area contributed by atoms with E-state index >= 15 is 0 Å². The van der Waals surface area contributed by atoms with E-state index in [0.29, 0.717) is 5.69 Å². The SMILES string of the molecule is CC(C)(C)N1C(=O)c2[nH]nc(-c3ccccc3)c2C1c1ccccc1. The number of hydrogen-bond donors (Lipinski definition) is 1. The highest BCUT2D eigenvalue weighted by Crippen LogP contribution is 2.45. The van der Waals surface area contributed by atoms with Crippen LogP contribution >= 0.6 is 0 Å². The van der Waals surface area contributed by atoms with Gasteiger partial charge in [-0.1, -0.05) is 60.7 Å². The normalized spacial score (nSPS) is 17.0. The molecule has 126 valence electrons. The number of amides is 1. The van der Waals surface area contributed by atoms with Gasteiger partial charge in [0.2, 0.25) is 0 Å². The van der Waals surface area contributed by atoms with Gasteiger partial charge in [0, 0.05) is 16.7 Å². The molecule has 0 aliphatic carbocycles. The third-order valence-electron chi connectivity index (χ3n) is 4.65. The second-order valence-corrected chi connectivity index (χ2v) is 7.39. The van der Waals surface area contributed by atoms with E-state index in [-0.39, 0.29) is 17.5 Å². The molecule has 1 aromatic heterocycles. The Morgan fingerprint density at radius 1 is 0.960 bits per heavy atom. The van der Waals surface area contributed by atoms with Gasteiger partial charge in [-0.2, -0.15) is 5.10 Å². The molecular weight excluding hydrogens is 310 g/mol. The summed E-state index contributed by atoms with van der Waals surface area (Å²) in [7, 11) is 0. The molecule has 4 rings (SSSR count). The highest BCUT2D eigenvalue weighted by molar-refractivity contribution is 6.00. The zero-order chi connectivity index (χ0) is 17.6. The highest BCUT2D eigenvalue weighted by atomic mass is 16.2. The van der Waals surface area contributed by atoms with Gasteiger partial charge in [0.05, 0.1) is 11.7 Å². The van der Waals surface area contributed by atoms with Crippen LogP contribution in [0.15, 0.2) is 60.7 Å². The van der Waals surface area contributed by atoms with E-state index in [0.717, 1.165) is 22.4 Å². The average Bonchev–Trinajstić information content (AvgIpc) is 3.15. The van der Waals surface area contributed by atoms with E-state index < -0.39 is 0 Å². The zero-order valence-corrected chi connectivity index (χ0v) is 14.7. The Morgan fingerprint density at radius 3 is 2.16 bits per heavy atom. The summed E-state index contributed by atoms with van der Waals surface area (Å²) in [5, 5.41) is 7.47. The molecule has 0 bridgehead atoms. The van der Waals surface area contributed by atoms with Crippen molar-refractivity contribution in [2.24, 2.45) is 0 Å². The van der Waals surface area contributed by atoms with Gasteiger partial charge in [-0.25, -0.2) is 0 Å². The van der Waals surface area contributed by atoms with Crippen molar-refractivity contribution in [3.05, 3.63) is 77.5 Å². The summed E-state index contributed by atoms with van der Waals surface area (Å²) in [4.78, 5) is 15.1. The van der Waals surface area contributed by atoms with Crippen LogP contribution in [0.3, 0.4) is 0 Å². The van der Waals surface area contributed by atoms with Crippen LogP contribution in [0, 0.1) is 0 Å². The van der Waals surface area contributed by atoms with Crippen molar-refractivity contribution in [2.45, 2.75) is 32.4 Å². The third kappa shape index (κ3) is 2.45. The number of benzene rings is 2. The van der Waals surface area contributed by atoms with Gasteiger partial charge < -0.3 is 4.90 Å². The van der Waals surface area contributed by atoms with Gasteiger partial charge in [0.1, 0.15) is 5.69 Å². The first-order valence-corrected chi connectivity index (χ1v) is 8.51. The van der Waals surface area contributed by atoms with Crippen molar-refractivity contribution in [1.29, 1.82) is 0 Å². The lowest BCUT2D eigenvalue weighted by Gasteiger charge is -2.37. The Balaban J connectivity index is 1.95. The van der Waals surface area contributed by atoms with Gasteiger partial charge >= 0.3 is 0 Å². The predicted octanol–water partition coefficient (Wildman–Crippen LogP) is 4.42. The van der Waals surface area contributed by atoms with Crippen LogP contribution in [0.1, 0.15) is 48.4 Å². The quantitative estimate of drug-likeness (QED) is 0.755. The molecule has 0 saturated carbocycles. The molecule has 1 amide bonds. The Bertz CT molecular complexity index is 907. The van der Waals surface area contributed by atoms with E-state index in [1.54, 1.807) is 0 Å². The molecule has 1 atom stereocenters. The minimum atomic E-state index is -0.300. The number of nitrogens with zero attached hydrogens (tertiary/aromatic N) is 2. The molecule has 1 aliphatic heterocycles. The van der Waals surface area contributed by atoms with Crippen LogP contribution in [0.2, 0.25) is 0 Å². The van der Waals surface area contributed by atoms with Crippen molar-refractivity contribution < 1.29 is 4.79 Å². The zero-order valence-electron chi connectivity index (χ0n) is 14.7. The molecule has 0 spiro atoms. The van der Waals surface area contributed by atoms with Crippen LogP contribution in [0.25, 0.3) is 11.3 Å². The summed E-state index contributed by atoms with van der Waals surface area (Å²) >= 11 is 0. The third-order valence-corrected chi connectivity index (χ3v) is 4.65. The van der Waals surface area contributed by atoms with Crippen molar-refractivity contribution in [1.82, 2.24) is 15.1 Å². The van der Waals surface area contributed by atoms with E-state index in [1.807, 2.05) is 53.4 Å². The second kappa shape index (κ2) is 5.59. The van der Waals surface area contributed by atoms with Gasteiger partial charge in [-0.3, -0.25) is 9.89 Å². The lowest BCUT2D eigenvalue weighted by molar-refractivity contribution is 0.0546. The molecule has 25 heavy (non-hydrogen) atoms. The number of fused-ring (bicyclic) bond motifs is 1. The van der Waals surface area contributed by atoms with E-state index in [4.69, 9.17) is 0 Å². The van der Waals surface area contributed by atoms with E-state index in [2.05, 4.69) is 43.1 Å². The number of hydrogen-bond acceptors (Lipinski definition) is 2. The molecular formula is C21H21N3O. The molecule has 2 aromatic carbocycles. The number of nitrogens with one attached hydrogen (secondary N) is 1. The van der Waals surface area contributed by atoms with E-state index in [1.165, 1.54) is 0 Å². The summed E-state index contributed by atoms with van der Waals surface area (Å²) in [6.07, 6.45) is 0. The Hall–Kier alpha value is -2.88. The second-order valence-electron chi connectivity index (χ2n) is 7.39. The average molecular weight is 331 g/mol. The Kier molecular flexibility index (Phi) is 3.49. The maximum atomic E-state index is 13.1. The summed E-state index contributed by atoms with van der Waals surface area (Å²) in [6.45, 7) is 6.22. The smallest absolute Gasteiger partial charge is 0.273 e. The molecule has 4 nitrogen and oxygen atoms in total. The van der Waals surface area contributed by atoms with Crippen molar-refractivity contribution >= 4 is 5.91 Å². The molecule has 1 N–H and O–H groups in total. The molecule has 0 saturated heterocycles. The van der Waals surface area contributed by atoms with Crippen molar-refractivity contribution in [2.75, 3.05) is 0 Å². The molecule has 2 heterocycles. The fourth-order valence-electron chi connectivity index (χ4n) is 3.61. The number of carbonyl (C=O) groups excluding carboxylic acids is 1. The first-order chi connectivity index (χ1) is 12.0. The molecule has 0 fully saturated rings. The number of carbonyl (C=O) groups is 1. The van der Waals surface area contributed by atoms with Crippen molar-refractivity contribution in [3.63, 3.8) is 0 Å². The minimum Gasteiger partial charge on any atom is -0.321 e. The Labute approximate surface area is 147 Å². The fourth-order valence-corrected chi connectivity index (χ4v) is 3.61. The first-order valence-electron chi connectivity index (χ1n) is 8.51. The van der Waals surface area contributed by atoms with Gasteiger partial charge in [-0.05, 0) is 26.3 Å². The maximum absolute atomic E-state index is 13.1. The lowest BCUT2D eigenvalue weighted by atomic mass is 9.94. The summed E-state index contributed by atoms with van der Waals surface area (Å²) in [5.74, 6) is 0.00559. The summed E-state index contributed by atoms with van der Waals surface area (Å²) in [6, 6.07) is 20.1. The van der Waals surface area contributed by atoms with Gasteiger partial charge in [0.15, 0.2) is 0 Å². The number of H-pyrrole nitrogens is 1. The van der Waals surface area contributed by atoms with Crippen LogP contribution in [-0.4, -0.2) is 26.5 Å². The predicted molar refractivity (Wildman–Crippen MR) is 98.2 cm³/mol. The summed E-state index contributed by atoms with van der Waals surface area (Å²) < 4.78 is 0. The van der Waals surface area contributed by atoms with Crippen LogP contribution in [0.4, 0.5) is 0 Å². The van der Waals surface area contributed by atoms with Crippen LogP contribution < -0.4 is 0 Å². The summed E-state index contributed by atoms with van der Waals surface area (Å²) in [5.41, 5.74) is 4.24. The standard InChI is InChI=1S/C21H21N3O/c1-21(2,3)24-19(15-12-8-5-9-13-15)16-17(14-10-6-4-7-11-14)22-23-18(16)20(24)25/h4-13,19H,1-3H3,(H,22,23). The van der Waals surface area contributed by atoms with Crippen molar-refractivity contribution in [3.8, 4) is 11.3 Å².